The maximum Gasteiger partial charge on any atom is 0.360 e. The molecule has 0 spiro atoms. The highest BCUT2D eigenvalue weighted by Crippen LogP contribution is 2.22. The zero-order chi connectivity index (χ0) is 17.6. The third-order valence-electron chi connectivity index (χ3n) is 3.80. The third kappa shape index (κ3) is 4.05. The number of pyridine rings is 1. The van der Waals surface area contributed by atoms with Gasteiger partial charge in [-0.25, -0.2) is 19.6 Å². The molecule has 2 aromatic heterocycles. The Bertz CT molecular complexity index is 728. The van der Waals surface area contributed by atoms with E-state index in [1.54, 1.807) is 18.0 Å². The molecule has 2 aromatic rings. The van der Waals surface area contributed by atoms with Crippen molar-refractivity contribution < 1.29 is 14.3 Å². The second kappa shape index (κ2) is 7.93. The minimum atomic E-state index is -0.529. The number of hydrogen-bond donors (Lipinski definition) is 1. The van der Waals surface area contributed by atoms with Crippen LogP contribution in [0.1, 0.15) is 17.4 Å². The number of aromatic nitrogens is 2. The number of esters is 1. The molecule has 0 bridgehead atoms. The van der Waals surface area contributed by atoms with E-state index < -0.39 is 5.97 Å². The van der Waals surface area contributed by atoms with Crippen LogP contribution in [0.15, 0.2) is 29.9 Å². The van der Waals surface area contributed by atoms with E-state index in [0.717, 1.165) is 5.82 Å². The van der Waals surface area contributed by atoms with Gasteiger partial charge in [-0.1, -0.05) is 6.07 Å². The summed E-state index contributed by atoms with van der Waals surface area (Å²) in [5.74, 6) is 0.383. The normalized spacial score (nSPS) is 14.3. The van der Waals surface area contributed by atoms with E-state index >= 15 is 0 Å². The molecule has 2 amide bonds. The van der Waals surface area contributed by atoms with Crippen molar-refractivity contribution in [3.63, 3.8) is 0 Å². The van der Waals surface area contributed by atoms with Crippen LogP contribution in [-0.4, -0.2) is 59.7 Å². The molecule has 8 nitrogen and oxygen atoms in total. The minimum absolute atomic E-state index is 0.146. The number of piperazine rings is 1. The molecule has 0 radical (unpaired) electrons. The lowest BCUT2D eigenvalue weighted by Gasteiger charge is -2.35. The van der Waals surface area contributed by atoms with Gasteiger partial charge in [0.25, 0.3) is 0 Å². The minimum Gasteiger partial charge on any atom is -0.461 e. The molecular formula is C16H19N5O3S. The fourth-order valence-electron chi connectivity index (χ4n) is 2.54. The zero-order valence-electron chi connectivity index (χ0n) is 13.8. The molecule has 1 aliphatic rings. The van der Waals surface area contributed by atoms with E-state index in [1.165, 1.54) is 16.8 Å². The first kappa shape index (κ1) is 17.2. The van der Waals surface area contributed by atoms with Crippen molar-refractivity contribution in [1.29, 1.82) is 0 Å². The summed E-state index contributed by atoms with van der Waals surface area (Å²) in [7, 11) is 0. The van der Waals surface area contributed by atoms with Crippen LogP contribution in [0.2, 0.25) is 0 Å². The van der Waals surface area contributed by atoms with Crippen LogP contribution in [0.4, 0.5) is 15.6 Å². The number of thiazole rings is 1. The number of nitrogens with one attached hydrogen (secondary N) is 1. The topological polar surface area (TPSA) is 87.7 Å². The van der Waals surface area contributed by atoms with E-state index in [0.29, 0.717) is 31.2 Å². The van der Waals surface area contributed by atoms with Crippen LogP contribution < -0.4 is 10.2 Å². The largest absolute Gasteiger partial charge is 0.461 e. The first-order valence-electron chi connectivity index (χ1n) is 8.01. The van der Waals surface area contributed by atoms with E-state index in [9.17, 15) is 9.59 Å². The maximum absolute atomic E-state index is 12.4. The smallest absolute Gasteiger partial charge is 0.360 e. The number of amides is 2. The van der Waals surface area contributed by atoms with Crippen molar-refractivity contribution in [1.82, 2.24) is 14.9 Å². The molecule has 0 aromatic carbocycles. The standard InChI is InChI=1S/C16H19N5O3S/c1-2-24-15(22)13-14(25-11-18-13)19-16(23)21-9-7-20(8-10-21)12-5-3-4-6-17-12/h3-6,11H,2,7-10H2,1H3,(H,19,23). The van der Waals surface area contributed by atoms with Gasteiger partial charge in [-0.3, -0.25) is 5.32 Å². The van der Waals surface area contributed by atoms with Crippen LogP contribution in [-0.2, 0) is 4.74 Å². The Morgan fingerprint density at radius 2 is 2.04 bits per heavy atom. The first-order valence-corrected chi connectivity index (χ1v) is 8.89. The molecule has 0 aliphatic carbocycles. The highest BCUT2D eigenvalue weighted by molar-refractivity contribution is 7.14. The van der Waals surface area contributed by atoms with Crippen molar-refractivity contribution in [2.45, 2.75) is 6.92 Å². The number of anilines is 2. The molecule has 9 heteroatoms. The molecular weight excluding hydrogens is 342 g/mol. The summed E-state index contributed by atoms with van der Waals surface area (Å²) in [5, 5.41) is 3.17. The quantitative estimate of drug-likeness (QED) is 0.839. The molecule has 0 atom stereocenters. The predicted octanol–water partition coefficient (Wildman–Crippen LogP) is 2.07. The van der Waals surface area contributed by atoms with Crippen LogP contribution in [0.3, 0.4) is 0 Å². The first-order chi connectivity index (χ1) is 12.2. The van der Waals surface area contributed by atoms with Gasteiger partial charge < -0.3 is 14.5 Å². The number of rotatable bonds is 4. The maximum atomic E-state index is 12.4. The Labute approximate surface area is 149 Å². The van der Waals surface area contributed by atoms with Crippen molar-refractivity contribution in [3.05, 3.63) is 35.6 Å². The molecule has 132 valence electrons. The summed E-state index contributed by atoms with van der Waals surface area (Å²) in [6.45, 7) is 4.56. The van der Waals surface area contributed by atoms with Crippen LogP contribution in [0.25, 0.3) is 0 Å². The molecule has 1 fully saturated rings. The Hall–Kier alpha value is -2.68. The molecule has 1 aliphatic heterocycles. The molecule has 0 unspecified atom stereocenters. The fourth-order valence-corrected chi connectivity index (χ4v) is 3.19. The second-order valence-electron chi connectivity index (χ2n) is 5.34. The monoisotopic (exact) mass is 361 g/mol. The summed E-state index contributed by atoms with van der Waals surface area (Å²) < 4.78 is 4.94. The molecule has 25 heavy (non-hydrogen) atoms. The van der Waals surface area contributed by atoms with Gasteiger partial charge in [-0.05, 0) is 19.1 Å². The lowest BCUT2D eigenvalue weighted by molar-refractivity contribution is 0.0521. The molecule has 0 saturated carbocycles. The number of hydrogen-bond acceptors (Lipinski definition) is 7. The summed E-state index contributed by atoms with van der Waals surface area (Å²) in [6.07, 6.45) is 1.76. The third-order valence-corrected chi connectivity index (χ3v) is 4.54. The number of carbonyl (C=O) groups excluding carboxylic acids is 2. The van der Waals surface area contributed by atoms with E-state index in [4.69, 9.17) is 4.74 Å². The molecule has 3 heterocycles. The summed E-state index contributed by atoms with van der Waals surface area (Å²) in [6, 6.07) is 5.54. The Balaban J connectivity index is 1.57. The molecule has 1 N–H and O–H groups in total. The average Bonchev–Trinajstić information content (AvgIpc) is 3.11. The van der Waals surface area contributed by atoms with Crippen LogP contribution in [0, 0.1) is 0 Å². The van der Waals surface area contributed by atoms with Gasteiger partial charge in [0.15, 0.2) is 5.69 Å². The molecule has 1 saturated heterocycles. The van der Waals surface area contributed by atoms with Gasteiger partial charge in [-0.15, -0.1) is 11.3 Å². The lowest BCUT2D eigenvalue weighted by Crippen LogP contribution is -2.50. The van der Waals surface area contributed by atoms with Gasteiger partial charge >= 0.3 is 12.0 Å². The Kier molecular flexibility index (Phi) is 5.44. The molecule has 3 rings (SSSR count). The fraction of sp³-hybridized carbons (Fsp3) is 0.375. The lowest BCUT2D eigenvalue weighted by atomic mass is 10.3. The van der Waals surface area contributed by atoms with E-state index in [-0.39, 0.29) is 18.3 Å². The number of urea groups is 1. The average molecular weight is 361 g/mol. The number of carbonyl (C=O) groups is 2. The van der Waals surface area contributed by atoms with E-state index in [2.05, 4.69) is 20.2 Å². The van der Waals surface area contributed by atoms with Crippen LogP contribution >= 0.6 is 11.3 Å². The SMILES string of the molecule is CCOC(=O)c1ncsc1NC(=O)N1CCN(c2ccccn2)CC1. The van der Waals surface area contributed by atoms with Gasteiger partial charge in [0, 0.05) is 32.4 Å². The highest BCUT2D eigenvalue weighted by Gasteiger charge is 2.24. The van der Waals surface area contributed by atoms with Gasteiger partial charge in [-0.2, -0.15) is 0 Å². The van der Waals surface area contributed by atoms with Crippen molar-refractivity contribution in [3.8, 4) is 0 Å². The Morgan fingerprint density at radius 1 is 1.24 bits per heavy atom. The summed E-state index contributed by atoms with van der Waals surface area (Å²) in [5.41, 5.74) is 1.66. The van der Waals surface area contributed by atoms with Crippen molar-refractivity contribution >= 4 is 34.2 Å². The zero-order valence-corrected chi connectivity index (χ0v) is 14.7. The summed E-state index contributed by atoms with van der Waals surface area (Å²) >= 11 is 1.20. The number of ether oxygens (including phenoxy) is 1. The predicted molar refractivity (Wildman–Crippen MR) is 95.1 cm³/mol. The Morgan fingerprint density at radius 3 is 2.72 bits per heavy atom. The number of nitrogens with zero attached hydrogens (tertiary/aromatic N) is 4. The summed E-state index contributed by atoms with van der Waals surface area (Å²) in [4.78, 5) is 36.4. The van der Waals surface area contributed by atoms with Crippen molar-refractivity contribution in [2.24, 2.45) is 0 Å². The van der Waals surface area contributed by atoms with Crippen LogP contribution in [0.5, 0.6) is 0 Å². The van der Waals surface area contributed by atoms with E-state index in [1.807, 2.05) is 18.2 Å². The second-order valence-corrected chi connectivity index (χ2v) is 6.20. The van der Waals surface area contributed by atoms with Gasteiger partial charge in [0.05, 0.1) is 12.1 Å². The van der Waals surface area contributed by atoms with Gasteiger partial charge in [0.1, 0.15) is 10.8 Å². The van der Waals surface area contributed by atoms with Crippen molar-refractivity contribution in [2.75, 3.05) is 43.0 Å². The van der Waals surface area contributed by atoms with Gasteiger partial charge in [0.2, 0.25) is 0 Å². The highest BCUT2D eigenvalue weighted by atomic mass is 32.1.